The van der Waals surface area contributed by atoms with E-state index in [4.69, 9.17) is 17.0 Å². The number of nitrogens with one attached hydrogen (secondary N) is 1. The van der Waals surface area contributed by atoms with Crippen molar-refractivity contribution in [2.24, 2.45) is 0 Å². The minimum Gasteiger partial charge on any atom is -0.497 e. The van der Waals surface area contributed by atoms with Crippen LogP contribution in [0.25, 0.3) is 0 Å². The van der Waals surface area contributed by atoms with Crippen LogP contribution in [-0.4, -0.2) is 29.7 Å². The van der Waals surface area contributed by atoms with Crippen LogP contribution in [0, 0.1) is 0 Å². The summed E-state index contributed by atoms with van der Waals surface area (Å²) in [4.78, 5) is 2.33. The van der Waals surface area contributed by atoms with Crippen molar-refractivity contribution in [3.63, 3.8) is 0 Å². The minimum absolute atomic E-state index is 0.583. The van der Waals surface area contributed by atoms with E-state index in [2.05, 4.69) is 17.1 Å². The summed E-state index contributed by atoms with van der Waals surface area (Å²) in [7, 11) is 1.68. The largest absolute Gasteiger partial charge is 0.497 e. The molecule has 4 heteroatoms. The van der Waals surface area contributed by atoms with E-state index in [0.29, 0.717) is 6.04 Å². The zero-order valence-corrected chi connectivity index (χ0v) is 12.5. The average Bonchev–Trinajstić information content (AvgIpc) is 2.47. The van der Waals surface area contributed by atoms with Crippen LogP contribution in [0.3, 0.4) is 0 Å². The molecule has 0 saturated carbocycles. The zero-order chi connectivity index (χ0) is 13.7. The summed E-state index contributed by atoms with van der Waals surface area (Å²) in [5, 5.41) is 4.16. The Labute approximate surface area is 120 Å². The van der Waals surface area contributed by atoms with E-state index in [0.717, 1.165) is 29.5 Å². The van der Waals surface area contributed by atoms with Crippen LogP contribution >= 0.6 is 12.2 Å². The number of ether oxygens (including phenoxy) is 1. The van der Waals surface area contributed by atoms with E-state index in [1.807, 2.05) is 24.3 Å². The molecule has 1 unspecified atom stereocenters. The van der Waals surface area contributed by atoms with Gasteiger partial charge in [-0.15, -0.1) is 0 Å². The van der Waals surface area contributed by atoms with Gasteiger partial charge in [-0.3, -0.25) is 0 Å². The third-order valence-corrected chi connectivity index (χ3v) is 4.02. The van der Waals surface area contributed by atoms with Gasteiger partial charge in [0.1, 0.15) is 5.75 Å². The van der Waals surface area contributed by atoms with Gasteiger partial charge >= 0.3 is 0 Å². The Bertz CT molecular complexity index is 436. The zero-order valence-electron chi connectivity index (χ0n) is 11.7. The van der Waals surface area contributed by atoms with Gasteiger partial charge < -0.3 is 15.0 Å². The number of hydrogen-bond acceptors (Lipinski definition) is 2. The quantitative estimate of drug-likeness (QED) is 0.853. The molecule has 1 aromatic rings. The molecule has 104 valence electrons. The summed E-state index contributed by atoms with van der Waals surface area (Å²) in [5.41, 5.74) is 0.991. The van der Waals surface area contributed by atoms with Crippen LogP contribution in [0.2, 0.25) is 0 Å². The molecule has 0 radical (unpaired) electrons. The highest BCUT2D eigenvalue weighted by atomic mass is 32.1. The number of anilines is 1. The van der Waals surface area contributed by atoms with E-state index in [1.54, 1.807) is 7.11 Å². The molecular weight excluding hydrogens is 256 g/mol. The Morgan fingerprint density at radius 1 is 1.47 bits per heavy atom. The number of likely N-dealkylation sites (tertiary alicyclic amines) is 1. The Balaban J connectivity index is 2.02. The van der Waals surface area contributed by atoms with Crippen LogP contribution in [0.4, 0.5) is 5.69 Å². The summed E-state index contributed by atoms with van der Waals surface area (Å²) < 4.78 is 5.23. The molecule has 3 nitrogen and oxygen atoms in total. The summed E-state index contributed by atoms with van der Waals surface area (Å²) in [6.45, 7) is 3.30. The highest BCUT2D eigenvalue weighted by molar-refractivity contribution is 7.80. The number of rotatable bonds is 3. The van der Waals surface area contributed by atoms with Crippen molar-refractivity contribution in [1.29, 1.82) is 0 Å². The lowest BCUT2D eigenvalue weighted by atomic mass is 10.0. The van der Waals surface area contributed by atoms with Gasteiger partial charge in [-0.05, 0) is 50.0 Å². The summed E-state index contributed by atoms with van der Waals surface area (Å²) in [5.74, 6) is 0.846. The van der Waals surface area contributed by atoms with Gasteiger partial charge in [0.15, 0.2) is 5.11 Å². The number of piperidine rings is 1. The van der Waals surface area contributed by atoms with Crippen molar-refractivity contribution < 1.29 is 4.74 Å². The lowest BCUT2D eigenvalue weighted by molar-refractivity contribution is 0.239. The van der Waals surface area contributed by atoms with Gasteiger partial charge in [0.25, 0.3) is 0 Å². The van der Waals surface area contributed by atoms with Gasteiger partial charge in [-0.25, -0.2) is 0 Å². The predicted molar refractivity (Wildman–Crippen MR) is 83.9 cm³/mol. The number of benzene rings is 1. The topological polar surface area (TPSA) is 24.5 Å². The molecule has 1 saturated heterocycles. The monoisotopic (exact) mass is 278 g/mol. The fraction of sp³-hybridized carbons (Fsp3) is 0.533. The van der Waals surface area contributed by atoms with E-state index < -0.39 is 0 Å². The molecular formula is C15H22N2OS. The second-order valence-electron chi connectivity index (χ2n) is 4.91. The van der Waals surface area contributed by atoms with Crippen molar-refractivity contribution >= 4 is 23.0 Å². The third-order valence-electron chi connectivity index (χ3n) is 3.68. The molecule has 0 aliphatic carbocycles. The molecule has 1 heterocycles. The first-order chi connectivity index (χ1) is 9.24. The fourth-order valence-electron chi connectivity index (χ4n) is 2.59. The second kappa shape index (κ2) is 6.75. The van der Waals surface area contributed by atoms with Gasteiger partial charge in [0, 0.05) is 24.3 Å². The first kappa shape index (κ1) is 14.1. The van der Waals surface area contributed by atoms with Crippen LogP contribution < -0.4 is 10.1 Å². The van der Waals surface area contributed by atoms with Crippen LogP contribution in [0.5, 0.6) is 5.75 Å². The molecule has 1 fully saturated rings. The Morgan fingerprint density at radius 2 is 2.32 bits per heavy atom. The first-order valence-corrected chi connectivity index (χ1v) is 7.37. The Morgan fingerprint density at radius 3 is 3.05 bits per heavy atom. The molecule has 1 aliphatic heterocycles. The van der Waals surface area contributed by atoms with Crippen LogP contribution in [-0.2, 0) is 0 Å². The number of methoxy groups -OCH3 is 1. The molecule has 0 aromatic heterocycles. The highest BCUT2D eigenvalue weighted by Gasteiger charge is 2.22. The maximum Gasteiger partial charge on any atom is 0.173 e. The maximum atomic E-state index is 5.55. The second-order valence-corrected chi connectivity index (χ2v) is 5.30. The summed E-state index contributed by atoms with van der Waals surface area (Å²) in [6, 6.07) is 8.47. The Kier molecular flexibility index (Phi) is 5.02. The van der Waals surface area contributed by atoms with Crippen LogP contribution in [0.15, 0.2) is 24.3 Å². The van der Waals surface area contributed by atoms with Crippen molar-refractivity contribution in [2.45, 2.75) is 38.6 Å². The van der Waals surface area contributed by atoms with E-state index in [1.165, 1.54) is 19.3 Å². The van der Waals surface area contributed by atoms with E-state index in [9.17, 15) is 0 Å². The maximum absolute atomic E-state index is 5.55. The predicted octanol–water partition coefficient (Wildman–Crippen LogP) is 3.66. The van der Waals surface area contributed by atoms with Gasteiger partial charge in [0.2, 0.25) is 0 Å². The minimum atomic E-state index is 0.583. The molecule has 1 aliphatic rings. The normalized spacial score (nSPS) is 19.1. The van der Waals surface area contributed by atoms with Gasteiger partial charge in [-0.2, -0.15) is 0 Å². The molecule has 1 atom stereocenters. The van der Waals surface area contributed by atoms with E-state index in [-0.39, 0.29) is 0 Å². The SMILES string of the molecule is CCC1CCCCN1C(=S)Nc1cccc(OC)c1. The van der Waals surface area contributed by atoms with Crippen LogP contribution in [0.1, 0.15) is 32.6 Å². The summed E-state index contributed by atoms with van der Waals surface area (Å²) in [6.07, 6.45) is 4.95. The molecule has 0 spiro atoms. The number of hydrogen-bond donors (Lipinski definition) is 1. The third kappa shape index (κ3) is 3.60. The van der Waals surface area contributed by atoms with Crippen molar-refractivity contribution in [3.05, 3.63) is 24.3 Å². The van der Waals surface area contributed by atoms with Gasteiger partial charge in [-0.1, -0.05) is 13.0 Å². The summed E-state index contributed by atoms with van der Waals surface area (Å²) >= 11 is 5.55. The highest BCUT2D eigenvalue weighted by Crippen LogP contribution is 2.22. The molecule has 0 bridgehead atoms. The first-order valence-electron chi connectivity index (χ1n) is 6.96. The lowest BCUT2D eigenvalue weighted by Crippen LogP contribution is -2.45. The average molecular weight is 278 g/mol. The molecule has 19 heavy (non-hydrogen) atoms. The molecule has 1 aromatic carbocycles. The van der Waals surface area contributed by atoms with E-state index >= 15 is 0 Å². The number of thiocarbonyl (C=S) groups is 1. The fourth-order valence-corrected chi connectivity index (χ4v) is 2.95. The molecule has 2 rings (SSSR count). The standard InChI is InChI=1S/C15H22N2OS/c1-3-13-8-4-5-10-17(13)15(19)16-12-7-6-9-14(11-12)18-2/h6-7,9,11,13H,3-5,8,10H2,1-2H3,(H,16,19). The van der Waals surface area contributed by atoms with Crippen molar-refractivity contribution in [1.82, 2.24) is 4.90 Å². The molecule has 0 amide bonds. The van der Waals surface area contributed by atoms with Crippen molar-refractivity contribution in [3.8, 4) is 5.75 Å². The number of nitrogens with zero attached hydrogens (tertiary/aromatic N) is 1. The Hall–Kier alpha value is -1.29. The lowest BCUT2D eigenvalue weighted by Gasteiger charge is -2.37. The smallest absolute Gasteiger partial charge is 0.173 e. The van der Waals surface area contributed by atoms with Crippen molar-refractivity contribution in [2.75, 3.05) is 19.0 Å². The van der Waals surface area contributed by atoms with Gasteiger partial charge in [0.05, 0.1) is 7.11 Å². The molecule has 1 N–H and O–H groups in total.